The summed E-state index contributed by atoms with van der Waals surface area (Å²) in [5, 5.41) is 0.529. The summed E-state index contributed by atoms with van der Waals surface area (Å²) in [6.07, 6.45) is 4.43. The van der Waals surface area contributed by atoms with Gasteiger partial charge in [0.25, 0.3) is 5.91 Å². The van der Waals surface area contributed by atoms with Crippen LogP contribution < -0.4 is 0 Å². The average molecular weight is 267 g/mol. The first-order chi connectivity index (χ1) is 8.70. The fourth-order valence-corrected chi connectivity index (χ4v) is 2.06. The molecule has 96 valence electrons. The van der Waals surface area contributed by atoms with Crippen molar-refractivity contribution in [3.8, 4) is 0 Å². The number of pyridine rings is 1. The lowest BCUT2D eigenvalue weighted by Crippen LogP contribution is -2.35. The molecule has 0 aromatic carbocycles. The predicted octanol–water partition coefficient (Wildman–Crippen LogP) is 2.15. The van der Waals surface area contributed by atoms with Gasteiger partial charge in [0.05, 0.1) is 6.61 Å². The Morgan fingerprint density at radius 2 is 2.44 bits per heavy atom. The molecule has 1 aromatic rings. The Labute approximate surface area is 111 Å². The molecule has 0 aliphatic carbocycles. The monoisotopic (exact) mass is 266 g/mol. The van der Waals surface area contributed by atoms with Crippen LogP contribution in [-0.4, -0.2) is 42.6 Å². The van der Waals surface area contributed by atoms with E-state index in [1.54, 1.807) is 30.3 Å². The number of carbonyl (C=O) groups excluding carboxylic acids is 1. The van der Waals surface area contributed by atoms with E-state index in [1.165, 1.54) is 5.57 Å². The minimum absolute atomic E-state index is 0.0785. The van der Waals surface area contributed by atoms with Crippen molar-refractivity contribution in [2.45, 2.75) is 6.42 Å². The van der Waals surface area contributed by atoms with E-state index in [2.05, 4.69) is 4.98 Å². The predicted molar refractivity (Wildman–Crippen MR) is 69.7 cm³/mol. The molecule has 2 heterocycles. The summed E-state index contributed by atoms with van der Waals surface area (Å²) in [7, 11) is 1.67. The molecule has 5 heteroatoms. The Hall–Kier alpha value is -1.39. The Bertz CT molecular complexity index is 474. The molecule has 0 spiro atoms. The number of halogens is 1. The van der Waals surface area contributed by atoms with E-state index in [1.807, 2.05) is 6.08 Å². The van der Waals surface area contributed by atoms with Crippen molar-refractivity contribution in [1.82, 2.24) is 9.88 Å². The van der Waals surface area contributed by atoms with E-state index in [-0.39, 0.29) is 5.91 Å². The van der Waals surface area contributed by atoms with Crippen molar-refractivity contribution in [3.63, 3.8) is 0 Å². The Morgan fingerprint density at radius 1 is 1.61 bits per heavy atom. The maximum Gasteiger partial charge on any atom is 0.272 e. The largest absolute Gasteiger partial charge is 0.380 e. The highest BCUT2D eigenvalue weighted by Crippen LogP contribution is 2.15. The molecule has 0 saturated heterocycles. The maximum atomic E-state index is 12.2. The van der Waals surface area contributed by atoms with Crippen LogP contribution in [0.25, 0.3) is 0 Å². The number of ether oxygens (including phenoxy) is 1. The van der Waals surface area contributed by atoms with Gasteiger partial charge in [-0.15, -0.1) is 0 Å². The minimum Gasteiger partial charge on any atom is -0.380 e. The number of aromatic nitrogens is 1. The van der Waals surface area contributed by atoms with Gasteiger partial charge in [-0.25, -0.2) is 0 Å². The molecule has 0 bridgehead atoms. The zero-order chi connectivity index (χ0) is 13.0. The topological polar surface area (TPSA) is 42.4 Å². The molecule has 0 saturated carbocycles. The average Bonchev–Trinajstić information content (AvgIpc) is 2.39. The van der Waals surface area contributed by atoms with E-state index in [9.17, 15) is 4.79 Å². The molecule has 1 aliphatic heterocycles. The summed E-state index contributed by atoms with van der Waals surface area (Å²) >= 11 is 5.85. The smallest absolute Gasteiger partial charge is 0.272 e. The number of methoxy groups -OCH3 is 1. The third-order valence-corrected chi connectivity index (χ3v) is 3.10. The second-order valence-electron chi connectivity index (χ2n) is 4.16. The Kier molecular flexibility index (Phi) is 4.33. The van der Waals surface area contributed by atoms with Gasteiger partial charge < -0.3 is 9.64 Å². The van der Waals surface area contributed by atoms with Gasteiger partial charge in [0.2, 0.25) is 0 Å². The van der Waals surface area contributed by atoms with Crippen LogP contribution in [0.1, 0.15) is 16.9 Å². The summed E-state index contributed by atoms with van der Waals surface area (Å²) in [4.78, 5) is 18.0. The third-order valence-electron chi connectivity index (χ3n) is 2.86. The van der Waals surface area contributed by atoms with Gasteiger partial charge in [-0.1, -0.05) is 17.7 Å². The lowest BCUT2D eigenvalue weighted by molar-refractivity contribution is 0.0759. The molecular weight excluding hydrogens is 252 g/mol. The summed E-state index contributed by atoms with van der Waals surface area (Å²) in [6, 6.07) is 3.25. The standard InChI is InChI=1S/C13H15ClN2O2/c1-18-9-10-3-6-16(7-4-10)13(17)12-8-11(14)2-5-15-12/h2-3,5,8H,4,6-7,9H2,1H3. The SMILES string of the molecule is COCC1=CCN(C(=O)c2cc(Cl)ccn2)CC1. The first kappa shape index (κ1) is 13.1. The zero-order valence-corrected chi connectivity index (χ0v) is 11.0. The van der Waals surface area contributed by atoms with Gasteiger partial charge in [-0.05, 0) is 24.1 Å². The summed E-state index contributed by atoms with van der Waals surface area (Å²) in [5.74, 6) is -0.0785. The number of amides is 1. The van der Waals surface area contributed by atoms with Crippen LogP contribution in [0.3, 0.4) is 0 Å². The maximum absolute atomic E-state index is 12.2. The number of hydrogen-bond donors (Lipinski definition) is 0. The zero-order valence-electron chi connectivity index (χ0n) is 10.2. The van der Waals surface area contributed by atoms with Crippen molar-refractivity contribution >= 4 is 17.5 Å². The van der Waals surface area contributed by atoms with Crippen LogP contribution in [0.15, 0.2) is 30.0 Å². The van der Waals surface area contributed by atoms with Gasteiger partial charge >= 0.3 is 0 Å². The van der Waals surface area contributed by atoms with E-state index in [0.717, 1.165) is 6.42 Å². The second kappa shape index (κ2) is 5.98. The van der Waals surface area contributed by atoms with Gasteiger partial charge in [-0.3, -0.25) is 9.78 Å². The van der Waals surface area contributed by atoms with Crippen LogP contribution >= 0.6 is 11.6 Å². The highest BCUT2D eigenvalue weighted by atomic mass is 35.5. The third kappa shape index (κ3) is 3.09. The summed E-state index contributed by atoms with van der Waals surface area (Å²) in [5.41, 5.74) is 1.63. The van der Waals surface area contributed by atoms with Crippen molar-refractivity contribution in [2.24, 2.45) is 0 Å². The van der Waals surface area contributed by atoms with Crippen LogP contribution in [-0.2, 0) is 4.74 Å². The lowest BCUT2D eigenvalue weighted by atomic mass is 10.1. The van der Waals surface area contributed by atoms with E-state index >= 15 is 0 Å². The number of carbonyl (C=O) groups is 1. The number of rotatable bonds is 3. The molecule has 1 aromatic heterocycles. The van der Waals surface area contributed by atoms with Crippen LogP contribution in [0.2, 0.25) is 5.02 Å². The van der Waals surface area contributed by atoms with Gasteiger partial charge in [0, 0.05) is 31.4 Å². The van der Waals surface area contributed by atoms with Crippen molar-refractivity contribution < 1.29 is 9.53 Å². The molecule has 18 heavy (non-hydrogen) atoms. The van der Waals surface area contributed by atoms with Gasteiger partial charge in [0.1, 0.15) is 5.69 Å². The Balaban J connectivity index is 2.04. The molecule has 0 unspecified atom stereocenters. The quantitative estimate of drug-likeness (QED) is 0.788. The lowest BCUT2D eigenvalue weighted by Gasteiger charge is -2.26. The molecule has 0 fully saturated rings. The van der Waals surface area contributed by atoms with Crippen molar-refractivity contribution in [3.05, 3.63) is 40.7 Å². The summed E-state index contributed by atoms with van der Waals surface area (Å²) < 4.78 is 5.08. The second-order valence-corrected chi connectivity index (χ2v) is 4.59. The fraction of sp³-hybridized carbons (Fsp3) is 0.385. The van der Waals surface area contributed by atoms with Crippen LogP contribution in [0, 0.1) is 0 Å². The number of nitrogens with zero attached hydrogens (tertiary/aromatic N) is 2. The molecule has 4 nitrogen and oxygen atoms in total. The minimum atomic E-state index is -0.0785. The van der Waals surface area contributed by atoms with Crippen LogP contribution in [0.4, 0.5) is 0 Å². The Morgan fingerprint density at radius 3 is 3.06 bits per heavy atom. The first-order valence-corrected chi connectivity index (χ1v) is 6.16. The molecule has 1 aliphatic rings. The van der Waals surface area contributed by atoms with Crippen molar-refractivity contribution in [1.29, 1.82) is 0 Å². The van der Waals surface area contributed by atoms with Crippen LogP contribution in [0.5, 0.6) is 0 Å². The molecule has 1 amide bonds. The van der Waals surface area contributed by atoms with Crippen molar-refractivity contribution in [2.75, 3.05) is 26.8 Å². The van der Waals surface area contributed by atoms with E-state index in [0.29, 0.717) is 30.4 Å². The van der Waals surface area contributed by atoms with E-state index < -0.39 is 0 Å². The molecule has 0 radical (unpaired) electrons. The highest BCUT2D eigenvalue weighted by molar-refractivity contribution is 6.30. The molecule has 0 N–H and O–H groups in total. The molecule has 0 atom stereocenters. The summed E-state index contributed by atoms with van der Waals surface area (Å²) in [6.45, 7) is 1.94. The van der Waals surface area contributed by atoms with Gasteiger partial charge in [-0.2, -0.15) is 0 Å². The normalized spacial score (nSPS) is 15.4. The van der Waals surface area contributed by atoms with Gasteiger partial charge in [0.15, 0.2) is 0 Å². The fourth-order valence-electron chi connectivity index (χ4n) is 1.90. The molecular formula is C13H15ClN2O2. The number of hydrogen-bond acceptors (Lipinski definition) is 3. The first-order valence-electron chi connectivity index (χ1n) is 5.78. The van der Waals surface area contributed by atoms with E-state index in [4.69, 9.17) is 16.3 Å². The highest BCUT2D eigenvalue weighted by Gasteiger charge is 2.19. The molecule has 2 rings (SSSR count).